The molecule has 0 saturated heterocycles. The quantitative estimate of drug-likeness (QED) is 0.0876. The maximum absolute atomic E-state index is 15.4. The molecule has 3 heterocycles. The molecule has 3 aliphatic rings. The summed E-state index contributed by atoms with van der Waals surface area (Å²) < 4.78 is 173. The van der Waals surface area contributed by atoms with Gasteiger partial charge in [-0.15, -0.1) is 0 Å². The molecule has 5 aromatic rings. The summed E-state index contributed by atoms with van der Waals surface area (Å²) in [5, 5.41) is 9.93. The number of alkyl halides is 6. The molecule has 23 heteroatoms. The van der Waals surface area contributed by atoms with Crippen molar-refractivity contribution in [3.63, 3.8) is 0 Å². The minimum Gasteiger partial charge on any atom is -0.346 e. The molecule has 2 aromatic carbocycles. The van der Waals surface area contributed by atoms with Gasteiger partial charge in [0.15, 0.2) is 15.7 Å². The van der Waals surface area contributed by atoms with Gasteiger partial charge >= 0.3 is 0 Å². The number of aromatic nitrogens is 5. The van der Waals surface area contributed by atoms with Gasteiger partial charge in [0, 0.05) is 37.1 Å². The number of rotatable bonds is 13. The molecule has 1 atom stereocenters. The Morgan fingerprint density at radius 1 is 0.924 bits per heavy atom. The lowest BCUT2D eigenvalue weighted by atomic mass is 9.89. The first-order valence-corrected chi connectivity index (χ1v) is 23.9. The topological polar surface area (TPSA) is 158 Å². The molecule has 1 amide bonds. The lowest BCUT2D eigenvalue weighted by molar-refractivity contribution is -0.123. The summed E-state index contributed by atoms with van der Waals surface area (Å²) in [6.45, 7) is 3.09. The third-order valence-electron chi connectivity index (χ3n) is 12.1. The highest BCUT2D eigenvalue weighted by Gasteiger charge is 2.55. The maximum atomic E-state index is 15.4. The molecule has 0 spiro atoms. The van der Waals surface area contributed by atoms with E-state index in [0.717, 1.165) is 12.1 Å². The van der Waals surface area contributed by atoms with Gasteiger partial charge in [-0.2, -0.15) is 19.0 Å². The summed E-state index contributed by atoms with van der Waals surface area (Å²) in [5.74, 6) is -6.18. The zero-order chi connectivity index (χ0) is 48.1. The monoisotopic (exact) mass is 985 g/mol. The standard InChI is InChI=1S/C43H40ClF8N7O5S2/c1-40(2,65(61,62)26-6-7-26)12-11-25-5-8-27(28-9-10-29(44)32-36(28)58(4)56-39(32)57-66(63,64)41(3)13-14-41)34(53-25)30(19-22-17-23(45)20-24(46)18-22)54-31(60)21-59-37-33(35(55-59)38(47)48)42(49,50)15-16-43(37,51)52/h5,8-10,17-18,20,26,30,38H,6-7,13-16,19,21H2,1-4H3,(H,54,60)(H,56,57)/t30-/m0/s1. The number of nitrogens with one attached hydrogen (secondary N) is 2. The smallest absolute Gasteiger partial charge is 0.290 e. The van der Waals surface area contributed by atoms with Gasteiger partial charge in [0.2, 0.25) is 15.9 Å². The molecule has 12 nitrogen and oxygen atoms in total. The van der Waals surface area contributed by atoms with Crippen LogP contribution in [0, 0.1) is 23.5 Å². The van der Waals surface area contributed by atoms with Gasteiger partial charge in [0.1, 0.15) is 40.0 Å². The fraction of sp³-hybridized carbons (Fsp3) is 0.442. The van der Waals surface area contributed by atoms with E-state index < -0.39 is 119 Å². The van der Waals surface area contributed by atoms with Crippen LogP contribution in [0.25, 0.3) is 22.0 Å². The van der Waals surface area contributed by atoms with Gasteiger partial charge in [0.05, 0.1) is 43.2 Å². The number of halogens is 9. The Hall–Kier alpha value is -5.27. The minimum atomic E-state index is -4.14. The molecular weight excluding hydrogens is 946 g/mol. The molecule has 0 aliphatic heterocycles. The van der Waals surface area contributed by atoms with Crippen LogP contribution >= 0.6 is 11.6 Å². The Labute approximate surface area is 378 Å². The van der Waals surface area contributed by atoms with E-state index in [9.17, 15) is 39.2 Å². The molecule has 0 bridgehead atoms. The van der Waals surface area contributed by atoms with E-state index in [0.29, 0.717) is 31.7 Å². The number of hydrogen-bond donors (Lipinski definition) is 2. The second kappa shape index (κ2) is 16.2. The number of benzene rings is 2. The lowest BCUT2D eigenvalue weighted by Crippen LogP contribution is -2.37. The molecule has 2 N–H and O–H groups in total. The predicted octanol–water partition coefficient (Wildman–Crippen LogP) is 8.78. The highest BCUT2D eigenvalue weighted by molar-refractivity contribution is 7.94. The summed E-state index contributed by atoms with van der Waals surface area (Å²) in [7, 11) is -6.23. The van der Waals surface area contributed by atoms with Crippen molar-refractivity contribution in [1.29, 1.82) is 0 Å². The number of amides is 1. The number of hydrogen-bond acceptors (Lipinski definition) is 8. The number of aryl methyl sites for hydroxylation is 1. The van der Waals surface area contributed by atoms with Gasteiger partial charge in [-0.1, -0.05) is 23.6 Å². The maximum Gasteiger partial charge on any atom is 0.290 e. The van der Waals surface area contributed by atoms with Crippen molar-refractivity contribution >= 4 is 54.1 Å². The van der Waals surface area contributed by atoms with E-state index in [-0.39, 0.29) is 54.5 Å². The minimum absolute atomic E-state index is 0.0600. The van der Waals surface area contributed by atoms with Crippen molar-refractivity contribution in [2.75, 3.05) is 4.72 Å². The Morgan fingerprint density at radius 2 is 1.56 bits per heavy atom. The van der Waals surface area contributed by atoms with Crippen molar-refractivity contribution < 1.29 is 56.8 Å². The normalized spacial score (nSPS) is 18.1. The van der Waals surface area contributed by atoms with Gasteiger partial charge < -0.3 is 5.32 Å². The molecule has 66 heavy (non-hydrogen) atoms. The summed E-state index contributed by atoms with van der Waals surface area (Å²) in [4.78, 5) is 18.8. The summed E-state index contributed by atoms with van der Waals surface area (Å²) in [5.41, 5.74) is -4.63. The first-order chi connectivity index (χ1) is 30.6. The molecule has 0 unspecified atom stereocenters. The van der Waals surface area contributed by atoms with Crippen molar-refractivity contribution in [2.24, 2.45) is 7.05 Å². The first-order valence-electron chi connectivity index (χ1n) is 20.5. The van der Waals surface area contributed by atoms with Crippen molar-refractivity contribution in [3.8, 4) is 23.0 Å². The lowest BCUT2D eigenvalue weighted by Gasteiger charge is -2.29. The Kier molecular flexibility index (Phi) is 11.6. The SMILES string of the molecule is Cn1nc(NS(=O)(=O)C2(C)CC2)c2c(Cl)ccc(-c3ccc(C#CC(C)(C)S(=O)(=O)C4CC4)nc3[C@H](Cc3cc(F)cc(F)c3)NC(=O)Cn3nc(C(F)F)c4c3C(F)(F)CCC4(F)F)c21. The number of anilines is 1. The van der Waals surface area contributed by atoms with E-state index in [2.05, 4.69) is 32.1 Å². The largest absolute Gasteiger partial charge is 0.346 e. The molecule has 8 rings (SSSR count). The Balaban J connectivity index is 1.30. The van der Waals surface area contributed by atoms with Crippen LogP contribution in [0.1, 0.15) is 106 Å². The Morgan fingerprint density at radius 3 is 2.18 bits per heavy atom. The van der Waals surface area contributed by atoms with Gasteiger partial charge in [-0.3, -0.25) is 18.9 Å². The number of carbonyl (C=O) groups is 1. The van der Waals surface area contributed by atoms with Gasteiger partial charge in [-0.05, 0) is 94.7 Å². The molecule has 0 radical (unpaired) electrons. The van der Waals surface area contributed by atoms with E-state index >= 15 is 17.6 Å². The van der Waals surface area contributed by atoms with Crippen LogP contribution in [0.3, 0.4) is 0 Å². The number of sulfonamides is 1. The zero-order valence-electron chi connectivity index (χ0n) is 35.4. The highest BCUT2D eigenvalue weighted by Crippen LogP contribution is 2.52. The average molecular weight is 986 g/mol. The summed E-state index contributed by atoms with van der Waals surface area (Å²) in [6.07, 6.45) is -5.43. The van der Waals surface area contributed by atoms with Crippen LogP contribution in [0.2, 0.25) is 5.02 Å². The zero-order valence-corrected chi connectivity index (χ0v) is 37.8. The average Bonchev–Trinajstić information content (AvgIpc) is 4.14. The van der Waals surface area contributed by atoms with E-state index in [1.54, 1.807) is 6.92 Å². The van der Waals surface area contributed by atoms with Crippen LogP contribution in [-0.2, 0) is 56.5 Å². The second-order valence-electron chi connectivity index (χ2n) is 17.6. The molecule has 2 saturated carbocycles. The third kappa shape index (κ3) is 8.62. The van der Waals surface area contributed by atoms with E-state index in [1.807, 2.05) is 0 Å². The number of carbonyl (C=O) groups excluding carboxylic acids is 1. The molecule has 3 aliphatic carbocycles. The number of sulfone groups is 1. The number of nitrogens with zero attached hydrogens (tertiary/aromatic N) is 5. The first kappa shape index (κ1) is 47.2. The van der Waals surface area contributed by atoms with Crippen LogP contribution in [-0.4, -0.2) is 62.0 Å². The van der Waals surface area contributed by atoms with Crippen molar-refractivity contribution in [3.05, 3.63) is 93.0 Å². The van der Waals surface area contributed by atoms with Crippen LogP contribution in [0.15, 0.2) is 42.5 Å². The van der Waals surface area contributed by atoms with Gasteiger partial charge in [0.25, 0.3) is 18.3 Å². The van der Waals surface area contributed by atoms with Gasteiger partial charge in [-0.25, -0.2) is 48.2 Å². The van der Waals surface area contributed by atoms with Crippen molar-refractivity contribution in [2.45, 2.75) is 111 Å². The van der Waals surface area contributed by atoms with Crippen LogP contribution in [0.5, 0.6) is 0 Å². The van der Waals surface area contributed by atoms with E-state index in [1.165, 1.54) is 49.8 Å². The molecular formula is C43H40ClF8N7O5S2. The molecule has 2 fully saturated rings. The molecule has 352 valence electrons. The number of pyridine rings is 1. The predicted molar refractivity (Wildman–Crippen MR) is 227 cm³/mol. The Bertz CT molecular complexity index is 3100. The number of fused-ring (bicyclic) bond motifs is 2. The van der Waals surface area contributed by atoms with Crippen LogP contribution < -0.4 is 10.0 Å². The highest BCUT2D eigenvalue weighted by atomic mass is 35.5. The fourth-order valence-electron chi connectivity index (χ4n) is 8.07. The second-order valence-corrected chi connectivity index (χ2v) is 22.9. The van der Waals surface area contributed by atoms with E-state index in [4.69, 9.17) is 16.6 Å². The summed E-state index contributed by atoms with van der Waals surface area (Å²) in [6, 6.07) is 6.69. The molecule has 3 aromatic heterocycles. The third-order valence-corrected chi connectivity index (χ3v) is 17.5. The van der Waals surface area contributed by atoms with Crippen LogP contribution in [0.4, 0.5) is 40.9 Å². The van der Waals surface area contributed by atoms with Crippen molar-refractivity contribution in [1.82, 2.24) is 29.9 Å². The summed E-state index contributed by atoms with van der Waals surface area (Å²) >= 11 is 6.71. The fourth-order valence-corrected chi connectivity index (χ4v) is 11.4.